The maximum atomic E-state index is 5.40. The second-order valence-corrected chi connectivity index (χ2v) is 4.59. The smallest absolute Gasteiger partial charge is 0.132 e. The highest BCUT2D eigenvalue weighted by atomic mass is 16.3. The largest absolute Gasteiger partial charge is 0.465 e. The van der Waals surface area contributed by atoms with Crippen molar-refractivity contribution >= 4 is 11.8 Å². The van der Waals surface area contributed by atoms with E-state index in [0.717, 1.165) is 12.3 Å². The SMILES string of the molecule is CC(C)(C)C1=C(c2ccco2)CN=C1. The van der Waals surface area contributed by atoms with Gasteiger partial charge in [0.1, 0.15) is 5.76 Å². The van der Waals surface area contributed by atoms with Gasteiger partial charge in [0.05, 0.1) is 12.8 Å². The summed E-state index contributed by atoms with van der Waals surface area (Å²) < 4.78 is 5.40. The lowest BCUT2D eigenvalue weighted by Gasteiger charge is -2.19. The van der Waals surface area contributed by atoms with Crippen LogP contribution in [-0.4, -0.2) is 12.8 Å². The van der Waals surface area contributed by atoms with Gasteiger partial charge < -0.3 is 4.42 Å². The highest BCUT2D eigenvalue weighted by molar-refractivity contribution is 5.96. The fourth-order valence-electron chi connectivity index (χ4n) is 1.70. The quantitative estimate of drug-likeness (QED) is 0.666. The summed E-state index contributed by atoms with van der Waals surface area (Å²) in [4.78, 5) is 4.31. The Bertz CT molecular complexity index is 377. The Morgan fingerprint density at radius 1 is 1.36 bits per heavy atom. The average Bonchev–Trinajstić information content (AvgIpc) is 2.73. The molecular weight excluding hydrogens is 174 g/mol. The van der Waals surface area contributed by atoms with E-state index in [-0.39, 0.29) is 5.41 Å². The Balaban J connectivity index is 2.45. The number of furan rings is 1. The van der Waals surface area contributed by atoms with Crippen molar-refractivity contribution in [3.05, 3.63) is 29.7 Å². The molecule has 2 heterocycles. The van der Waals surface area contributed by atoms with Crippen molar-refractivity contribution in [1.29, 1.82) is 0 Å². The van der Waals surface area contributed by atoms with E-state index in [1.165, 1.54) is 11.1 Å². The molecule has 0 radical (unpaired) electrons. The molecule has 0 unspecified atom stereocenters. The predicted molar refractivity (Wildman–Crippen MR) is 58.4 cm³/mol. The van der Waals surface area contributed by atoms with E-state index >= 15 is 0 Å². The van der Waals surface area contributed by atoms with Gasteiger partial charge in [-0.05, 0) is 23.1 Å². The molecule has 0 amide bonds. The van der Waals surface area contributed by atoms with Crippen LogP contribution in [0.1, 0.15) is 26.5 Å². The molecule has 0 N–H and O–H groups in total. The Morgan fingerprint density at radius 2 is 2.14 bits per heavy atom. The number of hydrogen-bond donors (Lipinski definition) is 0. The van der Waals surface area contributed by atoms with Gasteiger partial charge in [-0.25, -0.2) is 0 Å². The zero-order valence-corrected chi connectivity index (χ0v) is 8.87. The first-order valence-corrected chi connectivity index (χ1v) is 4.86. The summed E-state index contributed by atoms with van der Waals surface area (Å²) in [6.07, 6.45) is 3.68. The molecule has 2 rings (SSSR count). The number of allylic oxidation sites excluding steroid dienone is 1. The van der Waals surface area contributed by atoms with Crippen LogP contribution in [0.4, 0.5) is 0 Å². The Kier molecular flexibility index (Phi) is 2.06. The van der Waals surface area contributed by atoms with Crippen molar-refractivity contribution in [3.8, 4) is 0 Å². The lowest BCUT2D eigenvalue weighted by Crippen LogP contribution is -2.10. The molecule has 0 fully saturated rings. The molecule has 1 aromatic rings. The van der Waals surface area contributed by atoms with Crippen molar-refractivity contribution in [3.63, 3.8) is 0 Å². The molecule has 0 saturated heterocycles. The first-order chi connectivity index (χ1) is 6.59. The maximum absolute atomic E-state index is 5.40. The third-order valence-corrected chi connectivity index (χ3v) is 2.42. The Hall–Kier alpha value is -1.31. The van der Waals surface area contributed by atoms with Gasteiger partial charge in [-0.1, -0.05) is 20.8 Å². The summed E-state index contributed by atoms with van der Waals surface area (Å²) in [5.41, 5.74) is 2.65. The van der Waals surface area contributed by atoms with Crippen LogP contribution in [-0.2, 0) is 0 Å². The number of rotatable bonds is 1. The lowest BCUT2D eigenvalue weighted by atomic mass is 9.84. The summed E-state index contributed by atoms with van der Waals surface area (Å²) >= 11 is 0. The molecule has 0 bridgehead atoms. The zero-order valence-electron chi connectivity index (χ0n) is 8.87. The van der Waals surface area contributed by atoms with Crippen LogP contribution in [0.3, 0.4) is 0 Å². The van der Waals surface area contributed by atoms with E-state index in [4.69, 9.17) is 4.42 Å². The summed E-state index contributed by atoms with van der Waals surface area (Å²) in [5.74, 6) is 0.951. The van der Waals surface area contributed by atoms with Crippen LogP contribution >= 0.6 is 0 Å². The standard InChI is InChI=1S/C12H15NO/c1-12(2,3)10-8-13-7-9(10)11-5-4-6-14-11/h4-6,8H,7H2,1-3H3. The minimum atomic E-state index is 0.141. The van der Waals surface area contributed by atoms with Crippen molar-refractivity contribution < 1.29 is 4.42 Å². The molecule has 74 valence electrons. The molecule has 2 nitrogen and oxygen atoms in total. The minimum Gasteiger partial charge on any atom is -0.465 e. The van der Waals surface area contributed by atoms with Crippen LogP contribution in [0.15, 0.2) is 33.4 Å². The fraction of sp³-hybridized carbons (Fsp3) is 0.417. The van der Waals surface area contributed by atoms with Crippen molar-refractivity contribution in [2.75, 3.05) is 6.54 Å². The molecule has 1 aliphatic heterocycles. The molecule has 0 aliphatic carbocycles. The highest BCUT2D eigenvalue weighted by Gasteiger charge is 2.24. The predicted octanol–water partition coefficient (Wildman–Crippen LogP) is 3.16. The number of nitrogens with zero attached hydrogens (tertiary/aromatic N) is 1. The normalized spacial score (nSPS) is 16.8. The first kappa shape index (κ1) is 9.25. The molecule has 0 aromatic carbocycles. The molecule has 1 aromatic heterocycles. The molecule has 0 saturated carbocycles. The third-order valence-electron chi connectivity index (χ3n) is 2.42. The van der Waals surface area contributed by atoms with Gasteiger partial charge in [0.25, 0.3) is 0 Å². The minimum absolute atomic E-state index is 0.141. The summed E-state index contributed by atoms with van der Waals surface area (Å²) in [5, 5.41) is 0. The topological polar surface area (TPSA) is 25.5 Å². The summed E-state index contributed by atoms with van der Waals surface area (Å²) in [7, 11) is 0. The monoisotopic (exact) mass is 189 g/mol. The third kappa shape index (κ3) is 1.52. The van der Waals surface area contributed by atoms with Gasteiger partial charge in [-0.15, -0.1) is 0 Å². The van der Waals surface area contributed by atoms with Gasteiger partial charge >= 0.3 is 0 Å². The number of aliphatic imine (C=N–C) groups is 1. The second kappa shape index (κ2) is 3.12. The van der Waals surface area contributed by atoms with Gasteiger partial charge in [-0.2, -0.15) is 0 Å². The molecule has 0 atom stereocenters. The van der Waals surface area contributed by atoms with E-state index < -0.39 is 0 Å². The van der Waals surface area contributed by atoms with E-state index in [1.807, 2.05) is 18.3 Å². The van der Waals surface area contributed by atoms with Crippen LogP contribution in [0, 0.1) is 5.41 Å². The highest BCUT2D eigenvalue weighted by Crippen LogP contribution is 2.34. The Labute approximate surface area is 84.3 Å². The molecule has 0 spiro atoms. The van der Waals surface area contributed by atoms with Gasteiger partial charge in [-0.3, -0.25) is 4.99 Å². The fourth-order valence-corrected chi connectivity index (χ4v) is 1.70. The van der Waals surface area contributed by atoms with Crippen LogP contribution in [0.25, 0.3) is 5.57 Å². The molecule has 14 heavy (non-hydrogen) atoms. The van der Waals surface area contributed by atoms with E-state index in [1.54, 1.807) is 6.26 Å². The van der Waals surface area contributed by atoms with Crippen molar-refractivity contribution in [2.45, 2.75) is 20.8 Å². The van der Waals surface area contributed by atoms with Crippen LogP contribution in [0.5, 0.6) is 0 Å². The summed E-state index contributed by atoms with van der Waals surface area (Å²) in [6, 6.07) is 3.91. The first-order valence-electron chi connectivity index (χ1n) is 4.86. The van der Waals surface area contributed by atoms with Crippen molar-refractivity contribution in [1.82, 2.24) is 0 Å². The molecule has 1 aliphatic rings. The van der Waals surface area contributed by atoms with Gasteiger partial charge in [0, 0.05) is 11.8 Å². The Morgan fingerprint density at radius 3 is 2.71 bits per heavy atom. The molecule has 2 heteroatoms. The van der Waals surface area contributed by atoms with Gasteiger partial charge in [0.15, 0.2) is 0 Å². The van der Waals surface area contributed by atoms with E-state index in [9.17, 15) is 0 Å². The zero-order chi connectivity index (χ0) is 10.2. The van der Waals surface area contributed by atoms with Crippen LogP contribution < -0.4 is 0 Å². The maximum Gasteiger partial charge on any atom is 0.132 e. The van der Waals surface area contributed by atoms with Gasteiger partial charge in [0.2, 0.25) is 0 Å². The average molecular weight is 189 g/mol. The van der Waals surface area contributed by atoms with Crippen LogP contribution in [0.2, 0.25) is 0 Å². The second-order valence-electron chi connectivity index (χ2n) is 4.59. The number of hydrogen-bond acceptors (Lipinski definition) is 2. The molecular formula is C12H15NO. The summed E-state index contributed by atoms with van der Waals surface area (Å²) in [6.45, 7) is 7.34. The van der Waals surface area contributed by atoms with E-state index in [0.29, 0.717) is 0 Å². The lowest BCUT2D eigenvalue weighted by molar-refractivity contribution is 0.520. The van der Waals surface area contributed by atoms with E-state index in [2.05, 4.69) is 25.8 Å². The van der Waals surface area contributed by atoms with Crippen molar-refractivity contribution in [2.24, 2.45) is 10.4 Å².